The Kier molecular flexibility index (Phi) is 3.22. The number of nitrogens with two attached hydrogens (primary N) is 1. The Bertz CT molecular complexity index is 329. The molecular formula is C8H13N5O. The molecule has 1 rings (SSSR count). The standard InChI is InChI=1S/C8H13N5O/c1-5-4-6(2)11-8(10-5)12-7(9)13-14-3/h4H,1-3H3,(H3,9,10,11,12,13). The maximum absolute atomic E-state index is 5.45. The highest BCUT2D eigenvalue weighted by Gasteiger charge is 2.00. The lowest BCUT2D eigenvalue weighted by atomic mass is 10.4. The zero-order valence-corrected chi connectivity index (χ0v) is 8.40. The molecule has 1 heterocycles. The molecule has 0 saturated carbocycles. The van der Waals surface area contributed by atoms with Gasteiger partial charge in [0.1, 0.15) is 7.11 Å². The molecule has 0 atom stereocenters. The number of rotatable bonds is 2. The van der Waals surface area contributed by atoms with Gasteiger partial charge in [0.25, 0.3) is 0 Å². The Hall–Kier alpha value is -1.85. The zero-order chi connectivity index (χ0) is 10.6. The van der Waals surface area contributed by atoms with E-state index in [-0.39, 0.29) is 5.96 Å². The first kappa shape index (κ1) is 10.2. The van der Waals surface area contributed by atoms with E-state index >= 15 is 0 Å². The number of hydrogen-bond donors (Lipinski definition) is 2. The van der Waals surface area contributed by atoms with Gasteiger partial charge in [0.2, 0.25) is 11.9 Å². The third-order valence-corrected chi connectivity index (χ3v) is 1.41. The summed E-state index contributed by atoms with van der Waals surface area (Å²) in [5, 5.41) is 6.19. The molecule has 0 bridgehead atoms. The van der Waals surface area contributed by atoms with Gasteiger partial charge in [-0.15, -0.1) is 0 Å². The largest absolute Gasteiger partial charge is 0.396 e. The first-order chi connectivity index (χ1) is 6.61. The van der Waals surface area contributed by atoms with Crippen molar-refractivity contribution in [3.63, 3.8) is 0 Å². The molecule has 0 fully saturated rings. The minimum absolute atomic E-state index is 0.123. The van der Waals surface area contributed by atoms with Crippen LogP contribution in [0.1, 0.15) is 11.4 Å². The summed E-state index contributed by atoms with van der Waals surface area (Å²) in [6, 6.07) is 1.87. The second-order valence-corrected chi connectivity index (χ2v) is 2.76. The topological polar surface area (TPSA) is 85.4 Å². The Morgan fingerprint density at radius 1 is 1.43 bits per heavy atom. The fourth-order valence-corrected chi connectivity index (χ4v) is 1.02. The molecule has 1 aromatic rings. The van der Waals surface area contributed by atoms with Crippen LogP contribution in [0.3, 0.4) is 0 Å². The quantitative estimate of drug-likeness (QED) is 0.405. The van der Waals surface area contributed by atoms with E-state index in [1.54, 1.807) is 0 Å². The summed E-state index contributed by atoms with van der Waals surface area (Å²) in [5.74, 6) is 0.540. The third kappa shape index (κ3) is 2.89. The summed E-state index contributed by atoms with van der Waals surface area (Å²) in [6.45, 7) is 3.76. The monoisotopic (exact) mass is 195 g/mol. The maximum atomic E-state index is 5.45. The van der Waals surface area contributed by atoms with Gasteiger partial charge in [-0.2, -0.15) is 0 Å². The predicted molar refractivity (Wildman–Crippen MR) is 53.8 cm³/mol. The van der Waals surface area contributed by atoms with Crippen molar-refractivity contribution in [1.29, 1.82) is 0 Å². The van der Waals surface area contributed by atoms with Crippen molar-refractivity contribution in [2.45, 2.75) is 13.8 Å². The van der Waals surface area contributed by atoms with Gasteiger partial charge < -0.3 is 10.6 Å². The molecule has 0 radical (unpaired) electrons. The van der Waals surface area contributed by atoms with E-state index < -0.39 is 0 Å². The molecule has 0 spiro atoms. The molecular weight excluding hydrogens is 182 g/mol. The molecule has 1 aromatic heterocycles. The van der Waals surface area contributed by atoms with Crippen LogP contribution < -0.4 is 11.1 Å². The van der Waals surface area contributed by atoms with Crippen molar-refractivity contribution in [2.24, 2.45) is 10.9 Å². The normalized spacial score (nSPS) is 11.2. The van der Waals surface area contributed by atoms with Crippen LogP contribution in [0.5, 0.6) is 0 Å². The van der Waals surface area contributed by atoms with Gasteiger partial charge in [-0.05, 0) is 25.1 Å². The first-order valence-electron chi connectivity index (χ1n) is 4.07. The fraction of sp³-hybridized carbons (Fsp3) is 0.375. The zero-order valence-electron chi connectivity index (χ0n) is 8.40. The van der Waals surface area contributed by atoms with Crippen molar-refractivity contribution in [1.82, 2.24) is 9.97 Å². The van der Waals surface area contributed by atoms with Crippen LogP contribution in [0.25, 0.3) is 0 Å². The Balaban J connectivity index is 2.81. The number of guanidine groups is 1. The van der Waals surface area contributed by atoms with Crippen molar-refractivity contribution in [3.8, 4) is 0 Å². The van der Waals surface area contributed by atoms with Crippen molar-refractivity contribution in [3.05, 3.63) is 17.5 Å². The number of hydrogen-bond acceptors (Lipinski definition) is 4. The summed E-state index contributed by atoms with van der Waals surface area (Å²) >= 11 is 0. The Morgan fingerprint density at radius 3 is 2.50 bits per heavy atom. The first-order valence-corrected chi connectivity index (χ1v) is 4.07. The molecule has 6 heteroatoms. The summed E-state index contributed by atoms with van der Waals surface area (Å²) < 4.78 is 0. The van der Waals surface area contributed by atoms with E-state index in [0.717, 1.165) is 11.4 Å². The van der Waals surface area contributed by atoms with E-state index in [2.05, 4.69) is 25.3 Å². The molecule has 0 aliphatic carbocycles. The molecule has 14 heavy (non-hydrogen) atoms. The third-order valence-electron chi connectivity index (χ3n) is 1.41. The SMILES string of the molecule is CO/N=C(\N)Nc1nc(C)cc(C)n1. The van der Waals surface area contributed by atoms with Crippen molar-refractivity contribution >= 4 is 11.9 Å². The lowest BCUT2D eigenvalue weighted by Gasteiger charge is -2.04. The summed E-state index contributed by atoms with van der Waals surface area (Å²) in [4.78, 5) is 12.7. The predicted octanol–water partition coefficient (Wildman–Crippen LogP) is 0.381. The van der Waals surface area contributed by atoms with E-state index in [4.69, 9.17) is 5.73 Å². The van der Waals surface area contributed by atoms with Gasteiger partial charge in [0, 0.05) is 11.4 Å². The Morgan fingerprint density at radius 2 is 2.00 bits per heavy atom. The second kappa shape index (κ2) is 4.40. The van der Waals surface area contributed by atoms with Gasteiger partial charge in [-0.1, -0.05) is 0 Å². The van der Waals surface area contributed by atoms with Crippen molar-refractivity contribution in [2.75, 3.05) is 12.4 Å². The highest BCUT2D eigenvalue weighted by Crippen LogP contribution is 2.02. The minimum Gasteiger partial charge on any atom is -0.396 e. The van der Waals surface area contributed by atoms with Gasteiger partial charge >= 0.3 is 0 Å². The number of anilines is 1. The molecule has 0 unspecified atom stereocenters. The van der Waals surface area contributed by atoms with Crippen LogP contribution in [0.4, 0.5) is 5.95 Å². The maximum Gasteiger partial charge on any atom is 0.237 e. The van der Waals surface area contributed by atoms with Gasteiger partial charge in [0.15, 0.2) is 0 Å². The minimum atomic E-state index is 0.123. The van der Waals surface area contributed by atoms with E-state index in [9.17, 15) is 0 Å². The lowest BCUT2D eigenvalue weighted by molar-refractivity contribution is 0.213. The highest BCUT2D eigenvalue weighted by molar-refractivity contribution is 5.90. The number of aryl methyl sites for hydroxylation is 2. The van der Waals surface area contributed by atoms with Crippen molar-refractivity contribution < 1.29 is 4.84 Å². The average molecular weight is 195 g/mol. The molecule has 76 valence electrons. The van der Waals surface area contributed by atoms with E-state index in [1.165, 1.54) is 7.11 Å². The summed E-state index contributed by atoms with van der Waals surface area (Å²) in [5.41, 5.74) is 7.18. The second-order valence-electron chi connectivity index (χ2n) is 2.76. The Labute approximate surface area is 82.2 Å². The van der Waals surface area contributed by atoms with Gasteiger partial charge in [-0.25, -0.2) is 9.97 Å². The van der Waals surface area contributed by atoms with Crippen LogP contribution in [-0.2, 0) is 4.84 Å². The fourth-order valence-electron chi connectivity index (χ4n) is 1.02. The highest BCUT2D eigenvalue weighted by atomic mass is 16.6. The molecule has 0 amide bonds. The van der Waals surface area contributed by atoms with Crippen LogP contribution in [-0.4, -0.2) is 23.0 Å². The number of nitrogens with one attached hydrogen (secondary N) is 1. The summed E-state index contributed by atoms with van der Waals surface area (Å²) in [7, 11) is 1.41. The number of nitrogens with zero attached hydrogens (tertiary/aromatic N) is 3. The van der Waals surface area contributed by atoms with Crippen LogP contribution in [0, 0.1) is 13.8 Å². The number of oxime groups is 1. The molecule has 6 nitrogen and oxygen atoms in total. The molecule has 0 saturated heterocycles. The molecule has 0 aromatic carbocycles. The van der Waals surface area contributed by atoms with E-state index in [0.29, 0.717) is 5.95 Å². The van der Waals surface area contributed by atoms with Gasteiger partial charge in [-0.3, -0.25) is 5.32 Å². The smallest absolute Gasteiger partial charge is 0.237 e. The molecule has 0 aliphatic heterocycles. The lowest BCUT2D eigenvalue weighted by Crippen LogP contribution is -2.24. The average Bonchev–Trinajstić information content (AvgIpc) is 2.01. The molecule has 0 aliphatic rings. The van der Waals surface area contributed by atoms with Crippen LogP contribution in [0.15, 0.2) is 11.2 Å². The van der Waals surface area contributed by atoms with Crippen LogP contribution >= 0.6 is 0 Å². The summed E-state index contributed by atoms with van der Waals surface area (Å²) in [6.07, 6.45) is 0. The van der Waals surface area contributed by atoms with Crippen LogP contribution in [0.2, 0.25) is 0 Å². The van der Waals surface area contributed by atoms with E-state index in [1.807, 2.05) is 19.9 Å². The molecule has 3 N–H and O–H groups in total. The number of aromatic nitrogens is 2. The van der Waals surface area contributed by atoms with Gasteiger partial charge in [0.05, 0.1) is 0 Å².